The zero-order chi connectivity index (χ0) is 55.0. The number of esters is 3. The highest BCUT2D eigenvalue weighted by Crippen LogP contribution is 2.16. The van der Waals surface area contributed by atoms with Gasteiger partial charge >= 0.3 is 17.9 Å². The van der Waals surface area contributed by atoms with Crippen LogP contribution in [-0.2, 0) is 28.6 Å². The third kappa shape index (κ3) is 60.9. The van der Waals surface area contributed by atoms with Crippen LogP contribution in [0.25, 0.3) is 0 Å². The smallest absolute Gasteiger partial charge is 0.306 e. The van der Waals surface area contributed by atoms with Crippen LogP contribution in [0.3, 0.4) is 0 Å². The standard InChI is InChI=1S/C70H118O6/c1-4-7-10-13-16-19-22-25-28-31-34-35-37-39-42-45-48-51-54-57-60-63-69(72)75-66-67(65-74-68(71)62-59-56-53-50-47-44-41-38-33-30-27-24-21-18-15-12-9-6-3)76-70(73)64-61-58-55-52-49-46-43-40-36-32-29-26-23-20-17-14-11-8-5-2/h7,10,16-17,19-20,25-26,28-29,34-36,39-40,42,48,51,67H,4-6,8-9,11-15,18,21-24,27,30-33,37-38,41,43-47,49-50,52-66H2,1-3H3/b10-7-,19-16-,20-17-,28-25-,29-26-,35-34-,40-36-,42-39-,51-48-. The van der Waals surface area contributed by atoms with E-state index in [0.29, 0.717) is 19.3 Å². The molecule has 0 heterocycles. The van der Waals surface area contributed by atoms with Crippen molar-refractivity contribution in [2.45, 2.75) is 303 Å². The van der Waals surface area contributed by atoms with Crippen LogP contribution in [0.4, 0.5) is 0 Å². The minimum atomic E-state index is -0.805. The van der Waals surface area contributed by atoms with Crippen molar-refractivity contribution in [2.75, 3.05) is 13.2 Å². The van der Waals surface area contributed by atoms with Gasteiger partial charge in [0.15, 0.2) is 6.10 Å². The Balaban J connectivity index is 4.49. The molecule has 1 unspecified atom stereocenters. The Morgan fingerprint density at radius 3 is 0.855 bits per heavy atom. The van der Waals surface area contributed by atoms with Crippen molar-refractivity contribution in [1.29, 1.82) is 0 Å². The van der Waals surface area contributed by atoms with Crippen molar-refractivity contribution in [3.8, 4) is 0 Å². The third-order valence-corrected chi connectivity index (χ3v) is 13.5. The molecule has 0 aromatic heterocycles. The summed E-state index contributed by atoms with van der Waals surface area (Å²) in [5.41, 5.74) is 0. The van der Waals surface area contributed by atoms with E-state index in [4.69, 9.17) is 14.2 Å². The first-order valence-electron chi connectivity index (χ1n) is 31.9. The van der Waals surface area contributed by atoms with E-state index in [0.717, 1.165) is 122 Å². The Labute approximate surface area is 470 Å². The molecule has 76 heavy (non-hydrogen) atoms. The average molecular weight is 1060 g/mol. The Hall–Kier alpha value is -3.93. The Bertz CT molecular complexity index is 1540. The maximum absolute atomic E-state index is 12.9. The highest BCUT2D eigenvalue weighted by atomic mass is 16.6. The van der Waals surface area contributed by atoms with Crippen LogP contribution < -0.4 is 0 Å². The predicted octanol–water partition coefficient (Wildman–Crippen LogP) is 21.8. The summed E-state index contributed by atoms with van der Waals surface area (Å²) in [5, 5.41) is 0. The van der Waals surface area contributed by atoms with Crippen LogP contribution in [-0.4, -0.2) is 37.2 Å². The van der Waals surface area contributed by atoms with Crippen molar-refractivity contribution in [3.63, 3.8) is 0 Å². The molecule has 1 atom stereocenters. The van der Waals surface area contributed by atoms with Gasteiger partial charge in [0, 0.05) is 19.3 Å². The number of allylic oxidation sites excluding steroid dienone is 18. The molecule has 0 saturated carbocycles. The van der Waals surface area contributed by atoms with Gasteiger partial charge < -0.3 is 14.2 Å². The molecular formula is C70H118O6. The summed E-state index contributed by atoms with van der Waals surface area (Å²) in [5.74, 6) is -0.945. The molecular weight excluding hydrogens is 937 g/mol. The molecule has 0 amide bonds. The lowest BCUT2D eigenvalue weighted by molar-refractivity contribution is -0.167. The normalized spacial score (nSPS) is 12.8. The quantitative estimate of drug-likeness (QED) is 0.0261. The molecule has 0 spiro atoms. The van der Waals surface area contributed by atoms with Gasteiger partial charge in [-0.3, -0.25) is 14.4 Å². The molecule has 6 heteroatoms. The molecule has 0 aliphatic heterocycles. The molecule has 0 aliphatic carbocycles. The number of hydrogen-bond acceptors (Lipinski definition) is 6. The second-order valence-electron chi connectivity index (χ2n) is 20.9. The Kier molecular flexibility index (Phi) is 60.3. The maximum atomic E-state index is 12.9. The summed E-state index contributed by atoms with van der Waals surface area (Å²) in [7, 11) is 0. The fraction of sp³-hybridized carbons (Fsp3) is 0.700. The molecule has 0 saturated heterocycles. The molecule has 0 aliphatic rings. The largest absolute Gasteiger partial charge is 0.462 e. The minimum absolute atomic E-state index is 0.0964. The van der Waals surface area contributed by atoms with Gasteiger partial charge in [-0.2, -0.15) is 0 Å². The van der Waals surface area contributed by atoms with Gasteiger partial charge in [0.25, 0.3) is 0 Å². The monoisotopic (exact) mass is 1050 g/mol. The van der Waals surface area contributed by atoms with Crippen molar-refractivity contribution < 1.29 is 28.6 Å². The number of carbonyl (C=O) groups is 3. The van der Waals surface area contributed by atoms with Crippen molar-refractivity contribution >= 4 is 17.9 Å². The van der Waals surface area contributed by atoms with E-state index < -0.39 is 6.10 Å². The van der Waals surface area contributed by atoms with Gasteiger partial charge in [0.1, 0.15) is 13.2 Å². The van der Waals surface area contributed by atoms with E-state index in [-0.39, 0.29) is 31.1 Å². The third-order valence-electron chi connectivity index (χ3n) is 13.5. The van der Waals surface area contributed by atoms with Gasteiger partial charge in [0.2, 0.25) is 0 Å². The summed E-state index contributed by atoms with van der Waals surface area (Å²) in [6.45, 7) is 6.48. The second-order valence-corrected chi connectivity index (χ2v) is 20.9. The van der Waals surface area contributed by atoms with E-state index in [1.54, 1.807) is 0 Å². The van der Waals surface area contributed by atoms with Crippen LogP contribution in [0, 0.1) is 0 Å². The van der Waals surface area contributed by atoms with Crippen molar-refractivity contribution in [2.24, 2.45) is 0 Å². The summed E-state index contributed by atoms with van der Waals surface area (Å²) >= 11 is 0. The van der Waals surface area contributed by atoms with E-state index in [2.05, 4.69) is 130 Å². The Morgan fingerprint density at radius 2 is 0.513 bits per heavy atom. The van der Waals surface area contributed by atoms with Gasteiger partial charge in [0.05, 0.1) is 0 Å². The lowest BCUT2D eigenvalue weighted by Crippen LogP contribution is -2.30. The number of rotatable bonds is 57. The van der Waals surface area contributed by atoms with Gasteiger partial charge in [-0.05, 0) is 109 Å². The average Bonchev–Trinajstić information content (AvgIpc) is 3.42. The van der Waals surface area contributed by atoms with Crippen LogP contribution in [0.1, 0.15) is 297 Å². The topological polar surface area (TPSA) is 78.9 Å². The molecule has 0 fully saturated rings. The van der Waals surface area contributed by atoms with E-state index in [1.807, 2.05) is 0 Å². The number of carbonyl (C=O) groups excluding carboxylic acids is 3. The zero-order valence-corrected chi connectivity index (χ0v) is 49.7. The molecule has 0 N–H and O–H groups in total. The lowest BCUT2D eigenvalue weighted by Gasteiger charge is -2.18. The fourth-order valence-corrected chi connectivity index (χ4v) is 8.75. The summed E-state index contributed by atoms with van der Waals surface area (Å²) < 4.78 is 16.9. The molecule has 0 radical (unpaired) electrons. The Morgan fingerprint density at radius 1 is 0.276 bits per heavy atom. The molecule has 434 valence electrons. The molecule has 0 rings (SSSR count). The van der Waals surface area contributed by atoms with E-state index in [9.17, 15) is 14.4 Å². The highest BCUT2D eigenvalue weighted by molar-refractivity contribution is 5.71. The van der Waals surface area contributed by atoms with E-state index >= 15 is 0 Å². The molecule has 6 nitrogen and oxygen atoms in total. The molecule has 0 bridgehead atoms. The first-order chi connectivity index (χ1) is 37.5. The van der Waals surface area contributed by atoms with Crippen molar-refractivity contribution in [1.82, 2.24) is 0 Å². The number of hydrogen-bond donors (Lipinski definition) is 0. The summed E-state index contributed by atoms with van der Waals surface area (Å²) in [6, 6.07) is 0. The predicted molar refractivity (Wildman–Crippen MR) is 330 cm³/mol. The first-order valence-corrected chi connectivity index (χ1v) is 31.9. The SMILES string of the molecule is CC/C=C\C/C=C\C/C=C\C/C=C\C/C=C\C/C=C\CCCCC(=O)OCC(COC(=O)CCCCCCCCCCCCCCCCCCCC)OC(=O)CCCCCCCC/C=C\C/C=C\C/C=C\CCCCC. The van der Waals surface area contributed by atoms with Gasteiger partial charge in [-0.15, -0.1) is 0 Å². The van der Waals surface area contributed by atoms with Crippen LogP contribution in [0.2, 0.25) is 0 Å². The van der Waals surface area contributed by atoms with Gasteiger partial charge in [-0.1, -0.05) is 278 Å². The van der Waals surface area contributed by atoms with Gasteiger partial charge in [-0.25, -0.2) is 0 Å². The van der Waals surface area contributed by atoms with Crippen LogP contribution >= 0.6 is 0 Å². The second kappa shape index (κ2) is 63.6. The van der Waals surface area contributed by atoms with Crippen LogP contribution in [0.15, 0.2) is 109 Å². The highest BCUT2D eigenvalue weighted by Gasteiger charge is 2.19. The van der Waals surface area contributed by atoms with E-state index in [1.165, 1.54) is 135 Å². The lowest BCUT2D eigenvalue weighted by atomic mass is 10.0. The minimum Gasteiger partial charge on any atom is -0.462 e. The number of ether oxygens (including phenoxy) is 3. The fourth-order valence-electron chi connectivity index (χ4n) is 8.75. The molecule has 0 aromatic rings. The number of unbranched alkanes of at least 4 members (excludes halogenated alkanes) is 28. The maximum Gasteiger partial charge on any atom is 0.306 e. The van der Waals surface area contributed by atoms with Crippen molar-refractivity contribution in [3.05, 3.63) is 109 Å². The summed E-state index contributed by atoms with van der Waals surface area (Å²) in [4.78, 5) is 38.3. The molecule has 0 aromatic carbocycles. The zero-order valence-electron chi connectivity index (χ0n) is 49.7. The first kappa shape index (κ1) is 72.1. The van der Waals surface area contributed by atoms with Crippen LogP contribution in [0.5, 0.6) is 0 Å². The summed E-state index contributed by atoms with van der Waals surface area (Å²) in [6.07, 6.45) is 86.6.